The van der Waals surface area contributed by atoms with E-state index in [9.17, 15) is 14.4 Å². The van der Waals surface area contributed by atoms with E-state index in [4.69, 9.17) is 26.8 Å². The van der Waals surface area contributed by atoms with E-state index in [1.54, 1.807) is 48.7 Å². The van der Waals surface area contributed by atoms with Crippen LogP contribution in [0.3, 0.4) is 0 Å². The number of hydrogen-bond acceptors (Lipinski definition) is 6. The third kappa shape index (κ3) is 5.22. The maximum Gasteiger partial charge on any atom is 0.341 e. The molecule has 0 unspecified atom stereocenters. The number of ether oxygens (including phenoxy) is 2. The number of anilines is 1. The Morgan fingerprint density at radius 2 is 1.77 bits per heavy atom. The van der Waals surface area contributed by atoms with Crippen LogP contribution in [0, 0.1) is 0 Å². The minimum Gasteiger partial charge on any atom is -0.483 e. The van der Waals surface area contributed by atoms with Crippen LogP contribution in [0.4, 0.5) is 5.00 Å². The van der Waals surface area contributed by atoms with Gasteiger partial charge in [0.25, 0.3) is 11.8 Å². The fourth-order valence-corrected chi connectivity index (χ4v) is 4.04. The van der Waals surface area contributed by atoms with Gasteiger partial charge in [0.05, 0.1) is 12.2 Å². The monoisotopic (exact) mass is 458 g/mol. The van der Waals surface area contributed by atoms with Gasteiger partial charge in [-0.15, -0.1) is 11.3 Å². The molecule has 2 amide bonds. The zero-order valence-corrected chi connectivity index (χ0v) is 18.1. The van der Waals surface area contributed by atoms with Gasteiger partial charge in [0, 0.05) is 21.5 Å². The molecular formula is C22H19ClN2O5S. The number of halogens is 1. The molecule has 7 nitrogen and oxygen atoms in total. The minimum absolute atomic E-state index is 0.166. The van der Waals surface area contributed by atoms with E-state index in [1.807, 2.05) is 0 Å². The Kier molecular flexibility index (Phi) is 7.28. The summed E-state index contributed by atoms with van der Waals surface area (Å²) in [7, 11) is 0. The summed E-state index contributed by atoms with van der Waals surface area (Å²) in [6.45, 7) is 1.49. The molecule has 0 fully saturated rings. The normalized spacial score (nSPS) is 10.4. The minimum atomic E-state index is -0.664. The smallest absolute Gasteiger partial charge is 0.341 e. The lowest BCUT2D eigenvalue weighted by molar-refractivity contribution is -0.118. The highest BCUT2D eigenvalue weighted by Crippen LogP contribution is 2.39. The maximum absolute atomic E-state index is 12.6. The SMILES string of the molecule is CCOC(=O)c1c(-c2ccccc2Cl)csc1NC(=O)COc1ccccc1C(N)=O. The second kappa shape index (κ2) is 10.1. The van der Waals surface area contributed by atoms with Crippen LogP contribution >= 0.6 is 22.9 Å². The van der Waals surface area contributed by atoms with Crippen molar-refractivity contribution in [3.8, 4) is 16.9 Å². The van der Waals surface area contributed by atoms with Gasteiger partial charge in [-0.2, -0.15) is 0 Å². The van der Waals surface area contributed by atoms with Gasteiger partial charge < -0.3 is 20.5 Å². The first-order chi connectivity index (χ1) is 14.9. The number of esters is 1. The van der Waals surface area contributed by atoms with Crippen molar-refractivity contribution in [3.63, 3.8) is 0 Å². The summed E-state index contributed by atoms with van der Waals surface area (Å²) >= 11 is 7.46. The van der Waals surface area contributed by atoms with Gasteiger partial charge >= 0.3 is 5.97 Å². The lowest BCUT2D eigenvalue weighted by Crippen LogP contribution is -2.22. The van der Waals surface area contributed by atoms with Gasteiger partial charge in [0.1, 0.15) is 16.3 Å². The van der Waals surface area contributed by atoms with Crippen LogP contribution in [0.5, 0.6) is 5.75 Å². The van der Waals surface area contributed by atoms with Gasteiger partial charge in [-0.25, -0.2) is 4.79 Å². The summed E-state index contributed by atoms with van der Waals surface area (Å²) in [6, 6.07) is 13.4. The zero-order chi connectivity index (χ0) is 22.4. The highest BCUT2D eigenvalue weighted by atomic mass is 35.5. The number of carbonyl (C=O) groups is 3. The Balaban J connectivity index is 1.83. The molecule has 0 aliphatic carbocycles. The number of nitrogens with one attached hydrogen (secondary N) is 1. The van der Waals surface area contributed by atoms with E-state index in [-0.39, 0.29) is 30.1 Å². The van der Waals surface area contributed by atoms with E-state index < -0.39 is 17.8 Å². The van der Waals surface area contributed by atoms with Crippen LogP contribution in [0.1, 0.15) is 27.6 Å². The Labute approximate surface area is 187 Å². The van der Waals surface area contributed by atoms with E-state index in [0.29, 0.717) is 21.2 Å². The number of primary amides is 1. The zero-order valence-electron chi connectivity index (χ0n) is 16.5. The van der Waals surface area contributed by atoms with Crippen molar-refractivity contribution < 1.29 is 23.9 Å². The number of nitrogens with two attached hydrogens (primary N) is 1. The molecule has 0 saturated heterocycles. The summed E-state index contributed by atoms with van der Waals surface area (Å²) < 4.78 is 10.6. The van der Waals surface area contributed by atoms with Crippen LogP contribution in [-0.2, 0) is 9.53 Å². The van der Waals surface area contributed by atoms with Crippen LogP contribution in [0.15, 0.2) is 53.9 Å². The molecule has 0 aliphatic heterocycles. The van der Waals surface area contributed by atoms with Gasteiger partial charge in [-0.1, -0.05) is 41.9 Å². The molecular weight excluding hydrogens is 440 g/mol. The highest BCUT2D eigenvalue weighted by molar-refractivity contribution is 7.15. The van der Waals surface area contributed by atoms with E-state index in [0.717, 1.165) is 0 Å². The second-order valence-electron chi connectivity index (χ2n) is 6.25. The molecule has 2 aromatic carbocycles. The van der Waals surface area contributed by atoms with Crippen molar-refractivity contribution in [2.75, 3.05) is 18.5 Å². The van der Waals surface area contributed by atoms with Crippen molar-refractivity contribution in [3.05, 3.63) is 70.1 Å². The van der Waals surface area contributed by atoms with Gasteiger partial charge in [0.15, 0.2) is 6.61 Å². The van der Waals surface area contributed by atoms with Gasteiger partial charge in [-0.3, -0.25) is 9.59 Å². The molecule has 0 radical (unpaired) electrons. The summed E-state index contributed by atoms with van der Waals surface area (Å²) in [5.41, 5.74) is 6.90. The molecule has 1 aromatic heterocycles. The topological polar surface area (TPSA) is 108 Å². The van der Waals surface area contributed by atoms with Crippen molar-refractivity contribution >= 4 is 45.7 Å². The standard InChI is InChI=1S/C22H19ClN2O5S/c1-2-29-22(28)19-15(13-7-3-5-9-16(13)23)12-31-21(19)25-18(26)11-30-17-10-6-4-8-14(17)20(24)27/h3-10,12H,2,11H2,1H3,(H2,24,27)(H,25,26). The first-order valence-corrected chi connectivity index (χ1v) is 10.5. The molecule has 3 rings (SSSR count). The molecule has 31 heavy (non-hydrogen) atoms. The fraction of sp³-hybridized carbons (Fsp3) is 0.136. The summed E-state index contributed by atoms with van der Waals surface area (Å²) in [6.07, 6.45) is 0. The van der Waals surface area contributed by atoms with Gasteiger partial charge in [-0.05, 0) is 25.1 Å². The molecule has 1 heterocycles. The largest absolute Gasteiger partial charge is 0.483 e. The van der Waals surface area contributed by atoms with Crippen molar-refractivity contribution in [1.82, 2.24) is 0 Å². The molecule has 0 aliphatic rings. The Morgan fingerprint density at radius 1 is 1.06 bits per heavy atom. The number of thiophene rings is 1. The van der Waals surface area contributed by atoms with Crippen LogP contribution in [0.2, 0.25) is 5.02 Å². The Bertz CT molecular complexity index is 1130. The van der Waals surface area contributed by atoms with Crippen LogP contribution < -0.4 is 15.8 Å². The highest BCUT2D eigenvalue weighted by Gasteiger charge is 2.24. The molecule has 3 N–H and O–H groups in total. The van der Waals surface area contributed by atoms with Crippen molar-refractivity contribution in [2.24, 2.45) is 5.73 Å². The second-order valence-corrected chi connectivity index (χ2v) is 7.54. The molecule has 0 saturated carbocycles. The Hall–Kier alpha value is -3.36. The average Bonchev–Trinajstić information content (AvgIpc) is 3.16. The van der Waals surface area contributed by atoms with E-state index in [1.165, 1.54) is 23.5 Å². The predicted molar refractivity (Wildman–Crippen MR) is 120 cm³/mol. The molecule has 0 bridgehead atoms. The third-order valence-electron chi connectivity index (χ3n) is 4.20. The van der Waals surface area contributed by atoms with Crippen LogP contribution in [0.25, 0.3) is 11.1 Å². The summed E-state index contributed by atoms with van der Waals surface area (Å²) in [5, 5.41) is 5.18. The molecule has 0 spiro atoms. The first kappa shape index (κ1) is 22.3. The lowest BCUT2D eigenvalue weighted by Gasteiger charge is -2.11. The third-order valence-corrected chi connectivity index (χ3v) is 5.42. The number of rotatable bonds is 8. The van der Waals surface area contributed by atoms with Crippen molar-refractivity contribution in [2.45, 2.75) is 6.92 Å². The number of amides is 2. The molecule has 0 atom stereocenters. The maximum atomic E-state index is 12.6. The first-order valence-electron chi connectivity index (χ1n) is 9.27. The number of para-hydroxylation sites is 1. The Morgan fingerprint density at radius 3 is 2.48 bits per heavy atom. The quantitative estimate of drug-likeness (QED) is 0.487. The number of benzene rings is 2. The summed E-state index contributed by atoms with van der Waals surface area (Å²) in [5.74, 6) is -1.56. The van der Waals surface area contributed by atoms with E-state index in [2.05, 4.69) is 5.32 Å². The molecule has 3 aromatic rings. The number of hydrogen-bond donors (Lipinski definition) is 2. The lowest BCUT2D eigenvalue weighted by atomic mass is 10.0. The fourth-order valence-electron chi connectivity index (χ4n) is 2.84. The van der Waals surface area contributed by atoms with Gasteiger partial charge in [0.2, 0.25) is 0 Å². The molecule has 160 valence electrons. The van der Waals surface area contributed by atoms with Crippen molar-refractivity contribution in [1.29, 1.82) is 0 Å². The predicted octanol–water partition coefficient (Wildman–Crippen LogP) is 4.36. The number of carbonyl (C=O) groups excluding carboxylic acids is 3. The van der Waals surface area contributed by atoms with E-state index >= 15 is 0 Å². The molecule has 9 heteroatoms. The summed E-state index contributed by atoms with van der Waals surface area (Å²) in [4.78, 5) is 36.6. The average molecular weight is 459 g/mol. The van der Waals surface area contributed by atoms with Crippen LogP contribution in [-0.4, -0.2) is 31.0 Å².